The Labute approximate surface area is 145 Å². The molecule has 1 aliphatic heterocycles. The van der Waals surface area contributed by atoms with Gasteiger partial charge < -0.3 is 10.2 Å². The topological polar surface area (TPSA) is 88.1 Å². The third kappa shape index (κ3) is 3.22. The summed E-state index contributed by atoms with van der Waals surface area (Å²) in [6.45, 7) is 0. The normalized spacial score (nSPS) is 23.4. The van der Waals surface area contributed by atoms with E-state index in [9.17, 15) is 9.59 Å². The maximum absolute atomic E-state index is 12.9. The molecular formula is C18H19N5O2. The van der Waals surface area contributed by atoms with Crippen molar-refractivity contribution in [3.05, 3.63) is 48.8 Å². The van der Waals surface area contributed by atoms with Crippen LogP contribution in [0.1, 0.15) is 37.3 Å². The van der Waals surface area contributed by atoms with Gasteiger partial charge in [0.1, 0.15) is 6.33 Å². The summed E-state index contributed by atoms with van der Waals surface area (Å²) in [5.74, 6) is -0.271. The lowest BCUT2D eigenvalue weighted by Gasteiger charge is -2.41. The Kier molecular flexibility index (Phi) is 4.13. The quantitative estimate of drug-likeness (QED) is 0.921. The highest BCUT2D eigenvalue weighted by atomic mass is 16.2. The number of amides is 2. The Bertz CT molecular complexity index is 764. The number of hydrogen-bond acceptors (Lipinski definition) is 5. The van der Waals surface area contributed by atoms with Gasteiger partial charge in [0.05, 0.1) is 30.0 Å². The second-order valence-corrected chi connectivity index (χ2v) is 6.52. The largest absolute Gasteiger partial charge is 0.332 e. The fourth-order valence-electron chi connectivity index (χ4n) is 3.53. The minimum absolute atomic E-state index is 0.102. The predicted octanol–water partition coefficient (Wildman–Crippen LogP) is 1.95. The van der Waals surface area contributed by atoms with Crippen molar-refractivity contribution in [2.75, 3.05) is 5.32 Å². The number of hydrogen-bond donors (Lipinski definition) is 1. The van der Waals surface area contributed by atoms with Crippen LogP contribution in [0, 0.1) is 5.92 Å². The molecule has 1 N–H and O–H groups in total. The van der Waals surface area contributed by atoms with Gasteiger partial charge in [0, 0.05) is 24.9 Å². The first-order valence-corrected chi connectivity index (χ1v) is 8.51. The average molecular weight is 337 g/mol. The zero-order valence-electron chi connectivity index (χ0n) is 13.7. The molecule has 7 nitrogen and oxygen atoms in total. The van der Waals surface area contributed by atoms with Gasteiger partial charge in [0.15, 0.2) is 0 Å². The van der Waals surface area contributed by atoms with E-state index >= 15 is 0 Å². The maximum Gasteiger partial charge on any atom is 0.230 e. The molecule has 128 valence electrons. The van der Waals surface area contributed by atoms with Crippen molar-refractivity contribution in [1.82, 2.24) is 19.9 Å². The van der Waals surface area contributed by atoms with Gasteiger partial charge in [0.25, 0.3) is 0 Å². The summed E-state index contributed by atoms with van der Waals surface area (Å²) < 4.78 is 0. The molecule has 0 bridgehead atoms. The molecule has 0 aromatic carbocycles. The Morgan fingerprint density at radius 2 is 1.80 bits per heavy atom. The van der Waals surface area contributed by atoms with Gasteiger partial charge in [-0.05, 0) is 37.0 Å². The minimum atomic E-state index is -0.305. The van der Waals surface area contributed by atoms with Crippen LogP contribution in [0.2, 0.25) is 0 Å². The Morgan fingerprint density at radius 1 is 1.08 bits per heavy atom. The Hall–Kier alpha value is -2.83. The van der Waals surface area contributed by atoms with Crippen LogP contribution < -0.4 is 5.32 Å². The lowest BCUT2D eigenvalue weighted by atomic mass is 9.83. The summed E-state index contributed by atoms with van der Waals surface area (Å²) in [5, 5.41) is 2.89. The minimum Gasteiger partial charge on any atom is -0.332 e. The third-order valence-corrected chi connectivity index (χ3v) is 4.79. The van der Waals surface area contributed by atoms with E-state index in [1.807, 2.05) is 17.0 Å². The summed E-state index contributed by atoms with van der Waals surface area (Å²) in [6.07, 6.45) is 10.9. The fraction of sp³-hybridized carbons (Fsp3) is 0.389. The van der Waals surface area contributed by atoms with Crippen molar-refractivity contribution >= 4 is 17.5 Å². The van der Waals surface area contributed by atoms with Crippen LogP contribution in [0.4, 0.5) is 5.69 Å². The van der Waals surface area contributed by atoms with Crippen LogP contribution in [0.5, 0.6) is 0 Å². The van der Waals surface area contributed by atoms with Crippen LogP contribution in [-0.2, 0) is 9.59 Å². The van der Waals surface area contributed by atoms with Crippen molar-refractivity contribution in [2.45, 2.75) is 37.8 Å². The van der Waals surface area contributed by atoms with Crippen molar-refractivity contribution in [3.8, 4) is 0 Å². The highest BCUT2D eigenvalue weighted by molar-refractivity contribution is 5.94. The highest BCUT2D eigenvalue weighted by Crippen LogP contribution is 2.43. The van der Waals surface area contributed by atoms with E-state index in [2.05, 4.69) is 20.3 Å². The standard InChI is InChI=1S/C18H19N5O2/c24-16-4-3-15(18(25)22-13-9-20-11-21-10-13)17(23(16)14-1-2-14)12-5-7-19-8-6-12/h5-11,14-15,17H,1-4H2,(H,22,25)/t15-,17+/m0/s1. The molecule has 3 heterocycles. The van der Waals surface area contributed by atoms with E-state index in [-0.39, 0.29) is 29.8 Å². The molecule has 2 aliphatic rings. The molecule has 7 heteroatoms. The third-order valence-electron chi connectivity index (χ3n) is 4.79. The van der Waals surface area contributed by atoms with E-state index in [1.165, 1.54) is 6.33 Å². The molecule has 0 unspecified atom stereocenters. The number of anilines is 1. The van der Waals surface area contributed by atoms with Gasteiger partial charge in [-0.25, -0.2) is 9.97 Å². The van der Waals surface area contributed by atoms with Crippen LogP contribution in [0.15, 0.2) is 43.2 Å². The molecule has 2 fully saturated rings. The molecule has 2 aromatic rings. The van der Waals surface area contributed by atoms with Gasteiger partial charge in [0.2, 0.25) is 11.8 Å². The molecule has 25 heavy (non-hydrogen) atoms. The van der Waals surface area contributed by atoms with Crippen LogP contribution in [-0.4, -0.2) is 37.7 Å². The number of pyridine rings is 1. The molecule has 0 spiro atoms. The summed E-state index contributed by atoms with van der Waals surface area (Å²) in [5.41, 5.74) is 1.52. The number of likely N-dealkylation sites (tertiary alicyclic amines) is 1. The van der Waals surface area contributed by atoms with Crippen molar-refractivity contribution in [3.63, 3.8) is 0 Å². The molecule has 2 amide bonds. The first kappa shape index (κ1) is 15.7. The van der Waals surface area contributed by atoms with Gasteiger partial charge >= 0.3 is 0 Å². The second-order valence-electron chi connectivity index (χ2n) is 6.52. The monoisotopic (exact) mass is 337 g/mol. The predicted molar refractivity (Wildman–Crippen MR) is 90.2 cm³/mol. The lowest BCUT2D eigenvalue weighted by Crippen LogP contribution is -2.47. The van der Waals surface area contributed by atoms with E-state index in [0.717, 1.165) is 18.4 Å². The zero-order valence-corrected chi connectivity index (χ0v) is 13.7. The number of carbonyl (C=O) groups excluding carboxylic acids is 2. The van der Waals surface area contributed by atoms with Crippen molar-refractivity contribution < 1.29 is 9.59 Å². The molecule has 1 aliphatic carbocycles. The molecule has 2 aromatic heterocycles. The summed E-state index contributed by atoms with van der Waals surface area (Å²) >= 11 is 0. The highest BCUT2D eigenvalue weighted by Gasteiger charge is 2.46. The van der Waals surface area contributed by atoms with E-state index in [1.54, 1.807) is 24.8 Å². The summed E-state index contributed by atoms with van der Waals surface area (Å²) in [7, 11) is 0. The number of carbonyl (C=O) groups is 2. The molecule has 1 saturated heterocycles. The zero-order chi connectivity index (χ0) is 17.2. The summed E-state index contributed by atoms with van der Waals surface area (Å²) in [6, 6.07) is 3.79. The second kappa shape index (κ2) is 6.58. The van der Waals surface area contributed by atoms with Crippen LogP contribution in [0.3, 0.4) is 0 Å². The molecule has 1 saturated carbocycles. The van der Waals surface area contributed by atoms with Crippen LogP contribution >= 0.6 is 0 Å². The summed E-state index contributed by atoms with van der Waals surface area (Å²) in [4.78, 5) is 39.3. The number of piperidine rings is 1. The van der Waals surface area contributed by atoms with Crippen LogP contribution in [0.25, 0.3) is 0 Å². The van der Waals surface area contributed by atoms with Crippen molar-refractivity contribution in [1.29, 1.82) is 0 Å². The fourth-order valence-corrected chi connectivity index (χ4v) is 3.53. The smallest absolute Gasteiger partial charge is 0.230 e. The average Bonchev–Trinajstić information content (AvgIpc) is 3.48. The first-order valence-electron chi connectivity index (χ1n) is 8.51. The SMILES string of the molecule is O=C(Nc1cncnc1)[C@H]1CCC(=O)N(C2CC2)[C@@H]1c1ccncc1. The number of aromatic nitrogens is 3. The number of nitrogens with one attached hydrogen (secondary N) is 1. The molecule has 0 radical (unpaired) electrons. The number of rotatable bonds is 4. The van der Waals surface area contributed by atoms with Gasteiger partial charge in [-0.2, -0.15) is 0 Å². The van der Waals surface area contributed by atoms with Gasteiger partial charge in [-0.3, -0.25) is 14.6 Å². The van der Waals surface area contributed by atoms with Gasteiger partial charge in [-0.1, -0.05) is 0 Å². The van der Waals surface area contributed by atoms with Gasteiger partial charge in [-0.15, -0.1) is 0 Å². The van der Waals surface area contributed by atoms with E-state index in [0.29, 0.717) is 18.5 Å². The molecular weight excluding hydrogens is 318 g/mol. The van der Waals surface area contributed by atoms with E-state index in [4.69, 9.17) is 0 Å². The number of nitrogens with zero attached hydrogens (tertiary/aromatic N) is 4. The van der Waals surface area contributed by atoms with Crippen molar-refractivity contribution in [2.24, 2.45) is 5.92 Å². The molecule has 2 atom stereocenters. The van der Waals surface area contributed by atoms with E-state index < -0.39 is 0 Å². The lowest BCUT2D eigenvalue weighted by molar-refractivity contribution is -0.142. The molecule has 4 rings (SSSR count). The Balaban J connectivity index is 1.64. The first-order chi connectivity index (χ1) is 12.2. The maximum atomic E-state index is 12.9. The Morgan fingerprint density at radius 3 is 2.48 bits per heavy atom.